The lowest BCUT2D eigenvalue weighted by molar-refractivity contribution is -0.142. The Morgan fingerprint density at radius 1 is 0.840 bits per heavy atom. The van der Waals surface area contributed by atoms with Gasteiger partial charge in [-0.25, -0.2) is 0 Å². The van der Waals surface area contributed by atoms with Crippen LogP contribution < -0.4 is 11.2 Å². The van der Waals surface area contributed by atoms with Crippen molar-refractivity contribution in [2.45, 2.75) is 24.9 Å². The third kappa shape index (κ3) is 8.07. The Bertz CT molecular complexity index is 649. The molecule has 2 atom stereocenters. The Balaban J connectivity index is 0.000000251. The van der Waals surface area contributed by atoms with Crippen LogP contribution in [0.15, 0.2) is 60.7 Å². The first kappa shape index (κ1) is 20.3. The third-order valence-corrected chi connectivity index (χ3v) is 3.35. The molecule has 0 unspecified atom stereocenters. The first-order chi connectivity index (χ1) is 11.9. The summed E-state index contributed by atoms with van der Waals surface area (Å²) in [5.74, 6) is -2.02. The van der Waals surface area contributed by atoms with Gasteiger partial charge in [0.2, 0.25) is 0 Å². The minimum absolute atomic E-state index is 0.271. The molecule has 0 aliphatic rings. The predicted molar refractivity (Wildman–Crippen MR) is 92.2 cm³/mol. The summed E-state index contributed by atoms with van der Waals surface area (Å²) in [6.45, 7) is 0. The number of carboxylic acid groups (broad SMARTS) is 2. The minimum Gasteiger partial charge on any atom is -0.480 e. The molecule has 0 aromatic heterocycles. The maximum Gasteiger partial charge on any atom is 0.323 e. The maximum absolute atomic E-state index is 10.5. The van der Waals surface area contributed by atoms with E-state index in [1.807, 2.05) is 60.7 Å². The monoisotopic (exact) mass is 346 g/mol. The van der Waals surface area contributed by atoms with Gasteiger partial charge in [-0.1, -0.05) is 60.7 Å². The molecule has 7 nitrogen and oxygen atoms in total. The lowest BCUT2D eigenvalue weighted by Gasteiger charge is -2.09. The fraction of sp³-hybridized carbons (Fsp3) is 0.222. The highest BCUT2D eigenvalue weighted by molar-refractivity contribution is 5.74. The van der Waals surface area contributed by atoms with E-state index in [1.165, 1.54) is 0 Å². The highest BCUT2D eigenvalue weighted by Crippen LogP contribution is 2.03. The maximum atomic E-state index is 10.5. The fourth-order valence-corrected chi connectivity index (χ4v) is 1.99. The Morgan fingerprint density at radius 3 is 1.64 bits per heavy atom. The number of rotatable bonds is 7. The van der Waals surface area contributed by atoms with Gasteiger partial charge in [-0.3, -0.25) is 9.59 Å². The molecule has 7 heteroatoms. The van der Waals surface area contributed by atoms with Gasteiger partial charge in [0.25, 0.3) is 0 Å². The average molecular weight is 346 g/mol. The summed E-state index contributed by atoms with van der Waals surface area (Å²) in [7, 11) is 0. The number of hydroxylamine groups is 1. The summed E-state index contributed by atoms with van der Waals surface area (Å²) < 4.78 is 0. The molecule has 0 saturated carbocycles. The van der Waals surface area contributed by atoms with Crippen LogP contribution in [0, 0.1) is 0 Å². The second-order valence-corrected chi connectivity index (χ2v) is 5.34. The molecule has 0 aliphatic heterocycles. The topological polar surface area (TPSA) is 133 Å². The van der Waals surface area contributed by atoms with E-state index in [2.05, 4.69) is 0 Å². The van der Waals surface area contributed by atoms with Crippen LogP contribution in [0.5, 0.6) is 0 Å². The molecule has 6 N–H and O–H groups in total. The van der Waals surface area contributed by atoms with E-state index in [0.29, 0.717) is 6.42 Å². The van der Waals surface area contributed by atoms with Crippen molar-refractivity contribution in [2.75, 3.05) is 0 Å². The Kier molecular flexibility index (Phi) is 8.87. The van der Waals surface area contributed by atoms with Crippen molar-refractivity contribution in [2.24, 2.45) is 5.73 Å². The molecule has 2 aromatic rings. The highest BCUT2D eigenvalue weighted by Gasteiger charge is 2.15. The van der Waals surface area contributed by atoms with Gasteiger partial charge in [-0.15, -0.1) is 0 Å². The summed E-state index contributed by atoms with van der Waals surface area (Å²) in [5.41, 5.74) is 8.92. The van der Waals surface area contributed by atoms with Crippen LogP contribution in [-0.2, 0) is 22.4 Å². The molecule has 0 amide bonds. The first-order valence-corrected chi connectivity index (χ1v) is 7.62. The molecule has 134 valence electrons. The highest BCUT2D eigenvalue weighted by atomic mass is 16.5. The second kappa shape index (κ2) is 10.9. The van der Waals surface area contributed by atoms with Crippen molar-refractivity contribution < 1.29 is 25.0 Å². The Labute approximate surface area is 145 Å². The van der Waals surface area contributed by atoms with Crippen molar-refractivity contribution >= 4 is 11.9 Å². The molecule has 2 aromatic carbocycles. The number of hydrogen-bond donors (Lipinski definition) is 5. The lowest BCUT2D eigenvalue weighted by atomic mass is 10.1. The standard InChI is InChI=1S/C9H11NO3.C9H11NO2/c11-9(12)8(10-13)6-7-4-2-1-3-5-7;10-8(9(11)12)6-7-4-2-1-3-5-7/h1-5,8,10,13H,6H2,(H,11,12);1-5,8H,6,10H2,(H,11,12)/t2*8-/m00/s1. The molecule has 0 fully saturated rings. The first-order valence-electron chi connectivity index (χ1n) is 7.62. The molecule has 0 saturated heterocycles. The van der Waals surface area contributed by atoms with Crippen LogP contribution in [0.4, 0.5) is 0 Å². The van der Waals surface area contributed by atoms with Gasteiger partial charge in [0.1, 0.15) is 12.1 Å². The number of nitrogens with two attached hydrogens (primary N) is 1. The SMILES string of the molecule is N[C@@H](Cc1ccccc1)C(=O)O.O=C(O)[C@H](Cc1ccccc1)NO. The zero-order valence-electron chi connectivity index (χ0n) is 13.6. The van der Waals surface area contributed by atoms with Gasteiger partial charge in [0, 0.05) is 6.42 Å². The van der Waals surface area contributed by atoms with Crippen LogP contribution in [0.2, 0.25) is 0 Å². The zero-order chi connectivity index (χ0) is 18.7. The Morgan fingerprint density at radius 2 is 1.28 bits per heavy atom. The fourth-order valence-electron chi connectivity index (χ4n) is 1.99. The van der Waals surface area contributed by atoms with Gasteiger partial charge in [-0.2, -0.15) is 5.48 Å². The van der Waals surface area contributed by atoms with Gasteiger partial charge >= 0.3 is 11.9 Å². The van der Waals surface area contributed by atoms with Crippen LogP contribution in [0.25, 0.3) is 0 Å². The van der Waals surface area contributed by atoms with Crippen molar-refractivity contribution in [1.82, 2.24) is 5.48 Å². The summed E-state index contributed by atoms with van der Waals surface area (Å²) in [4.78, 5) is 20.9. The van der Waals surface area contributed by atoms with Crippen molar-refractivity contribution in [3.63, 3.8) is 0 Å². The zero-order valence-corrected chi connectivity index (χ0v) is 13.6. The summed E-state index contributed by atoms with van der Waals surface area (Å²) >= 11 is 0. The number of carbonyl (C=O) groups is 2. The average Bonchev–Trinajstić information content (AvgIpc) is 2.61. The number of benzene rings is 2. The molecule has 0 heterocycles. The minimum atomic E-state index is -1.06. The molecule has 0 radical (unpaired) electrons. The third-order valence-electron chi connectivity index (χ3n) is 3.35. The predicted octanol–water partition coefficient (Wildman–Crippen LogP) is 1.30. The number of hydrogen-bond acceptors (Lipinski definition) is 5. The summed E-state index contributed by atoms with van der Waals surface area (Å²) in [6, 6.07) is 16.7. The number of nitrogens with one attached hydrogen (secondary N) is 1. The summed E-state index contributed by atoms with van der Waals surface area (Å²) in [5, 5.41) is 25.7. The summed E-state index contributed by atoms with van der Waals surface area (Å²) in [6.07, 6.45) is 0.656. The van der Waals surface area contributed by atoms with E-state index >= 15 is 0 Å². The molecule has 0 bridgehead atoms. The molecular weight excluding hydrogens is 324 g/mol. The van der Waals surface area contributed by atoms with Crippen molar-refractivity contribution in [3.05, 3.63) is 71.8 Å². The van der Waals surface area contributed by atoms with Crippen LogP contribution >= 0.6 is 0 Å². The number of aliphatic carboxylic acids is 2. The molecular formula is C18H22N2O5. The van der Waals surface area contributed by atoms with E-state index in [0.717, 1.165) is 11.1 Å². The van der Waals surface area contributed by atoms with Gasteiger partial charge in [0.05, 0.1) is 0 Å². The van der Waals surface area contributed by atoms with Crippen LogP contribution in [0.1, 0.15) is 11.1 Å². The molecule has 0 spiro atoms. The number of carboxylic acids is 2. The molecule has 25 heavy (non-hydrogen) atoms. The van der Waals surface area contributed by atoms with E-state index < -0.39 is 24.0 Å². The van der Waals surface area contributed by atoms with Crippen molar-refractivity contribution in [3.8, 4) is 0 Å². The second-order valence-electron chi connectivity index (χ2n) is 5.34. The molecule has 2 rings (SSSR count). The lowest BCUT2D eigenvalue weighted by Crippen LogP contribution is -2.36. The van der Waals surface area contributed by atoms with E-state index in [1.54, 1.807) is 5.48 Å². The Hall–Kier alpha value is -2.74. The normalized spacial score (nSPS) is 12.4. The quantitative estimate of drug-likeness (QED) is 0.477. The van der Waals surface area contributed by atoms with Crippen LogP contribution in [-0.4, -0.2) is 39.4 Å². The molecule has 0 aliphatic carbocycles. The van der Waals surface area contributed by atoms with E-state index in [9.17, 15) is 9.59 Å². The largest absolute Gasteiger partial charge is 0.480 e. The van der Waals surface area contributed by atoms with Gasteiger partial charge in [0.15, 0.2) is 0 Å². The van der Waals surface area contributed by atoms with E-state index in [-0.39, 0.29) is 6.42 Å². The smallest absolute Gasteiger partial charge is 0.323 e. The van der Waals surface area contributed by atoms with Crippen molar-refractivity contribution in [1.29, 1.82) is 0 Å². The van der Waals surface area contributed by atoms with Gasteiger partial charge < -0.3 is 21.2 Å². The van der Waals surface area contributed by atoms with Crippen LogP contribution in [0.3, 0.4) is 0 Å². The van der Waals surface area contributed by atoms with E-state index in [4.69, 9.17) is 21.2 Å². The van der Waals surface area contributed by atoms with Gasteiger partial charge in [-0.05, 0) is 17.5 Å².